The van der Waals surface area contributed by atoms with Gasteiger partial charge in [-0.25, -0.2) is 4.39 Å². The zero-order valence-electron chi connectivity index (χ0n) is 15.5. The second kappa shape index (κ2) is 7.23. The number of alkyl halides is 1. The Balaban J connectivity index is 1.84. The van der Waals surface area contributed by atoms with Crippen molar-refractivity contribution in [1.82, 2.24) is 5.32 Å². The van der Waals surface area contributed by atoms with E-state index in [0.717, 1.165) is 25.7 Å². The van der Waals surface area contributed by atoms with E-state index >= 15 is 0 Å². The molecule has 2 unspecified atom stereocenters. The molecule has 3 rings (SSSR count). The van der Waals surface area contributed by atoms with Crippen molar-refractivity contribution >= 4 is 0 Å². The normalized spacial score (nSPS) is 24.4. The monoisotopic (exact) mass is 327 g/mol. The first-order valence-electron chi connectivity index (χ1n) is 9.37. The maximum atomic E-state index is 13.5. The Hall–Kier alpha value is -1.41. The van der Waals surface area contributed by atoms with Gasteiger partial charge in [0.25, 0.3) is 0 Å². The molecule has 2 aliphatic rings. The van der Waals surface area contributed by atoms with Gasteiger partial charge >= 0.3 is 0 Å². The van der Waals surface area contributed by atoms with Gasteiger partial charge in [-0.1, -0.05) is 42.4 Å². The van der Waals surface area contributed by atoms with Crippen molar-refractivity contribution in [1.29, 1.82) is 0 Å². The summed E-state index contributed by atoms with van der Waals surface area (Å²) in [4.78, 5) is 0. The molecular weight excluding hydrogens is 297 g/mol. The number of allylic oxidation sites excluding steroid dienone is 4. The average Bonchev–Trinajstić information content (AvgIpc) is 2.93. The zero-order chi connectivity index (χ0) is 17.3. The number of aryl methyl sites for hydroxylation is 1. The summed E-state index contributed by atoms with van der Waals surface area (Å²) in [5, 5.41) is 3.11. The number of benzene rings is 1. The second-order valence-corrected chi connectivity index (χ2v) is 7.54. The van der Waals surface area contributed by atoms with E-state index in [0.29, 0.717) is 5.92 Å². The summed E-state index contributed by atoms with van der Waals surface area (Å²) in [7, 11) is 0. The van der Waals surface area contributed by atoms with Crippen molar-refractivity contribution in [2.24, 2.45) is 5.92 Å². The minimum absolute atomic E-state index is 0.176. The summed E-state index contributed by atoms with van der Waals surface area (Å²) in [6, 6.07) is 4.71. The predicted molar refractivity (Wildman–Crippen MR) is 99.9 cm³/mol. The van der Waals surface area contributed by atoms with E-state index in [2.05, 4.69) is 50.4 Å². The van der Waals surface area contributed by atoms with Gasteiger partial charge in [-0.15, -0.1) is 0 Å². The van der Waals surface area contributed by atoms with Crippen LogP contribution in [0.15, 0.2) is 35.4 Å². The minimum atomic E-state index is -0.954. The number of fused-ring (bicyclic) bond motifs is 1. The van der Waals surface area contributed by atoms with Gasteiger partial charge in [0.15, 0.2) is 0 Å². The highest BCUT2D eigenvalue weighted by molar-refractivity contribution is 5.46. The van der Waals surface area contributed by atoms with E-state index in [9.17, 15) is 4.39 Å². The Kier molecular flexibility index (Phi) is 5.24. The second-order valence-electron chi connectivity index (χ2n) is 7.54. The van der Waals surface area contributed by atoms with Gasteiger partial charge in [0.1, 0.15) is 6.30 Å². The van der Waals surface area contributed by atoms with Crippen molar-refractivity contribution in [2.75, 3.05) is 0 Å². The van der Waals surface area contributed by atoms with Crippen LogP contribution >= 0.6 is 0 Å². The lowest BCUT2D eigenvalue weighted by molar-refractivity contribution is 0.267. The fourth-order valence-corrected chi connectivity index (χ4v) is 4.53. The standard InChI is InChI=1S/C22H30FN/c1-5-17-10-14(2)11-18(12-17)13-19-7-6-15(3)22-20(19)8-9-21(22)24-16(4)23/h6-7,10-11,16,18,21,24H,5,8-9,12-13H2,1-4H3/t16?,18?,21-/m1/s1. The molecule has 24 heavy (non-hydrogen) atoms. The molecule has 130 valence electrons. The van der Waals surface area contributed by atoms with E-state index in [1.807, 2.05) is 0 Å². The highest BCUT2D eigenvalue weighted by atomic mass is 19.1. The number of halogens is 1. The van der Waals surface area contributed by atoms with Crippen molar-refractivity contribution < 1.29 is 4.39 Å². The van der Waals surface area contributed by atoms with Crippen LogP contribution < -0.4 is 5.32 Å². The van der Waals surface area contributed by atoms with E-state index in [1.165, 1.54) is 34.2 Å². The van der Waals surface area contributed by atoms with Crippen LogP contribution in [-0.4, -0.2) is 6.30 Å². The number of hydrogen-bond donors (Lipinski definition) is 1. The first kappa shape index (κ1) is 17.4. The third-order valence-electron chi connectivity index (χ3n) is 5.53. The fraction of sp³-hybridized carbons (Fsp3) is 0.545. The summed E-state index contributed by atoms with van der Waals surface area (Å²) in [5.74, 6) is 0.601. The van der Waals surface area contributed by atoms with Crippen molar-refractivity contribution in [3.8, 4) is 0 Å². The van der Waals surface area contributed by atoms with Crippen LogP contribution in [0.2, 0.25) is 0 Å². The molecule has 0 aromatic heterocycles. The van der Waals surface area contributed by atoms with E-state index in [-0.39, 0.29) is 6.04 Å². The van der Waals surface area contributed by atoms with Gasteiger partial charge in [0, 0.05) is 6.04 Å². The van der Waals surface area contributed by atoms with Crippen LogP contribution in [0.3, 0.4) is 0 Å². The van der Waals surface area contributed by atoms with Crippen LogP contribution in [0.4, 0.5) is 4.39 Å². The van der Waals surface area contributed by atoms with Crippen LogP contribution in [0.1, 0.15) is 68.3 Å². The lowest BCUT2D eigenvalue weighted by Gasteiger charge is -2.23. The quantitative estimate of drug-likeness (QED) is 0.681. The molecule has 3 atom stereocenters. The fourth-order valence-electron chi connectivity index (χ4n) is 4.53. The van der Waals surface area contributed by atoms with E-state index in [4.69, 9.17) is 0 Å². The molecule has 2 heteroatoms. The maximum Gasteiger partial charge on any atom is 0.148 e. The number of nitrogens with one attached hydrogen (secondary N) is 1. The topological polar surface area (TPSA) is 12.0 Å². The van der Waals surface area contributed by atoms with Crippen molar-refractivity contribution in [2.45, 2.75) is 72.1 Å². The Bertz CT molecular complexity index is 669. The van der Waals surface area contributed by atoms with Crippen molar-refractivity contribution in [3.63, 3.8) is 0 Å². The molecule has 1 nitrogen and oxygen atoms in total. The lowest BCUT2D eigenvalue weighted by atomic mass is 9.83. The molecule has 0 spiro atoms. The Morgan fingerprint density at radius 2 is 2.08 bits per heavy atom. The van der Waals surface area contributed by atoms with Gasteiger partial charge in [-0.3, -0.25) is 5.32 Å². The molecule has 1 aromatic rings. The molecular formula is C22H30FN. The number of rotatable bonds is 5. The third kappa shape index (κ3) is 3.64. The molecule has 0 saturated heterocycles. The van der Waals surface area contributed by atoms with Gasteiger partial charge in [0.05, 0.1) is 0 Å². The zero-order valence-corrected chi connectivity index (χ0v) is 15.5. The minimum Gasteiger partial charge on any atom is -0.281 e. The summed E-state index contributed by atoms with van der Waals surface area (Å²) in [5.41, 5.74) is 8.57. The smallest absolute Gasteiger partial charge is 0.148 e. The molecule has 0 amide bonds. The van der Waals surface area contributed by atoms with Crippen LogP contribution in [0.5, 0.6) is 0 Å². The predicted octanol–water partition coefficient (Wildman–Crippen LogP) is 5.73. The molecule has 1 N–H and O–H groups in total. The molecule has 0 aliphatic heterocycles. The SMILES string of the molecule is CCC1=CC(C)=CC(Cc2ccc(C)c3c2CC[C@H]3NC(C)F)C1. The number of hydrogen-bond acceptors (Lipinski definition) is 1. The Morgan fingerprint density at radius 1 is 1.29 bits per heavy atom. The molecule has 0 radical (unpaired) electrons. The Morgan fingerprint density at radius 3 is 2.79 bits per heavy atom. The summed E-state index contributed by atoms with van der Waals surface area (Å²) < 4.78 is 13.5. The molecule has 2 aliphatic carbocycles. The van der Waals surface area contributed by atoms with Gasteiger partial charge in [-0.2, -0.15) is 0 Å². The summed E-state index contributed by atoms with van der Waals surface area (Å²) in [6.07, 6.45) is 9.34. The van der Waals surface area contributed by atoms with Gasteiger partial charge < -0.3 is 0 Å². The van der Waals surface area contributed by atoms with Crippen LogP contribution in [0, 0.1) is 12.8 Å². The summed E-state index contributed by atoms with van der Waals surface area (Å²) in [6.45, 7) is 8.21. The Labute approximate surface area is 146 Å². The first-order chi connectivity index (χ1) is 11.5. The van der Waals surface area contributed by atoms with Crippen LogP contribution in [0.25, 0.3) is 0 Å². The van der Waals surface area contributed by atoms with Gasteiger partial charge in [-0.05, 0) is 81.0 Å². The first-order valence-corrected chi connectivity index (χ1v) is 9.37. The highest BCUT2D eigenvalue weighted by Crippen LogP contribution is 2.38. The van der Waals surface area contributed by atoms with E-state index < -0.39 is 6.30 Å². The lowest BCUT2D eigenvalue weighted by Crippen LogP contribution is -2.26. The molecule has 1 aromatic carbocycles. The molecule has 0 heterocycles. The molecule has 0 fully saturated rings. The maximum absolute atomic E-state index is 13.5. The molecule has 0 saturated carbocycles. The molecule has 0 bridgehead atoms. The van der Waals surface area contributed by atoms with E-state index in [1.54, 1.807) is 12.5 Å². The highest BCUT2D eigenvalue weighted by Gasteiger charge is 2.28. The van der Waals surface area contributed by atoms with Gasteiger partial charge in [0.2, 0.25) is 0 Å². The van der Waals surface area contributed by atoms with Crippen LogP contribution in [-0.2, 0) is 12.8 Å². The largest absolute Gasteiger partial charge is 0.281 e. The van der Waals surface area contributed by atoms with Crippen molar-refractivity contribution in [3.05, 3.63) is 57.7 Å². The summed E-state index contributed by atoms with van der Waals surface area (Å²) >= 11 is 0. The third-order valence-corrected chi connectivity index (χ3v) is 5.53. The average molecular weight is 327 g/mol.